The summed E-state index contributed by atoms with van der Waals surface area (Å²) in [6, 6.07) is 9.53. The molecule has 0 bridgehead atoms. The van der Waals surface area contributed by atoms with Gasteiger partial charge in [-0.2, -0.15) is 15.0 Å². The lowest BCUT2D eigenvalue weighted by Gasteiger charge is -2.18. The molecule has 19 heavy (non-hydrogen) atoms. The van der Waals surface area contributed by atoms with Crippen LogP contribution in [0.3, 0.4) is 0 Å². The monoisotopic (exact) mass is 278 g/mol. The van der Waals surface area contributed by atoms with Crippen molar-refractivity contribution < 1.29 is 4.74 Å². The van der Waals surface area contributed by atoms with Gasteiger partial charge in [0.1, 0.15) is 5.75 Å². The molecule has 1 aromatic heterocycles. The van der Waals surface area contributed by atoms with Crippen LogP contribution < -0.4 is 9.64 Å². The van der Waals surface area contributed by atoms with Crippen LogP contribution in [0.15, 0.2) is 30.3 Å². The van der Waals surface area contributed by atoms with E-state index in [2.05, 4.69) is 15.0 Å². The molecule has 5 nitrogen and oxygen atoms in total. The number of hydrogen-bond acceptors (Lipinski definition) is 5. The third-order valence-electron chi connectivity index (χ3n) is 2.57. The summed E-state index contributed by atoms with van der Waals surface area (Å²) < 4.78 is 5.57. The lowest BCUT2D eigenvalue weighted by molar-refractivity contribution is 0.439. The van der Waals surface area contributed by atoms with Crippen LogP contribution in [0.2, 0.25) is 5.28 Å². The number of benzene rings is 1. The van der Waals surface area contributed by atoms with E-state index in [-0.39, 0.29) is 11.3 Å². The highest BCUT2D eigenvalue weighted by molar-refractivity contribution is 6.28. The van der Waals surface area contributed by atoms with Gasteiger partial charge in [-0.25, -0.2) is 0 Å². The van der Waals surface area contributed by atoms with Crippen molar-refractivity contribution in [3.63, 3.8) is 0 Å². The number of aromatic nitrogens is 3. The molecule has 100 valence electrons. The first-order valence-electron chi connectivity index (χ1n) is 6.12. The zero-order valence-electron chi connectivity index (χ0n) is 10.9. The van der Waals surface area contributed by atoms with E-state index < -0.39 is 0 Å². The lowest BCUT2D eigenvalue weighted by atomic mass is 10.3. The van der Waals surface area contributed by atoms with Gasteiger partial charge in [0.05, 0.1) is 0 Å². The van der Waals surface area contributed by atoms with Crippen LogP contribution in [0.4, 0.5) is 5.95 Å². The standard InChI is InChI=1S/C13H15ClN4O/c1-3-18(4-2)12-15-11(14)16-13(17-12)19-10-8-6-5-7-9-10/h5-9H,3-4H2,1-2H3. The molecule has 1 aromatic carbocycles. The molecule has 0 fully saturated rings. The first-order chi connectivity index (χ1) is 9.22. The number of anilines is 1. The first kappa shape index (κ1) is 13.5. The normalized spacial score (nSPS) is 10.3. The summed E-state index contributed by atoms with van der Waals surface area (Å²) in [7, 11) is 0. The number of hydrogen-bond donors (Lipinski definition) is 0. The van der Waals surface area contributed by atoms with Crippen molar-refractivity contribution in [2.45, 2.75) is 13.8 Å². The third-order valence-corrected chi connectivity index (χ3v) is 2.74. The van der Waals surface area contributed by atoms with Gasteiger partial charge in [-0.15, -0.1) is 0 Å². The molecule has 0 radical (unpaired) electrons. The van der Waals surface area contributed by atoms with Crippen molar-refractivity contribution in [1.29, 1.82) is 0 Å². The third kappa shape index (κ3) is 3.54. The van der Waals surface area contributed by atoms with E-state index in [1.165, 1.54) is 0 Å². The van der Waals surface area contributed by atoms with E-state index in [1.54, 1.807) is 0 Å². The molecule has 2 rings (SSSR count). The van der Waals surface area contributed by atoms with Crippen LogP contribution in [0.25, 0.3) is 0 Å². The van der Waals surface area contributed by atoms with Gasteiger partial charge in [0.2, 0.25) is 11.2 Å². The Hall–Kier alpha value is -1.88. The summed E-state index contributed by atoms with van der Waals surface area (Å²) >= 11 is 5.91. The Morgan fingerprint density at radius 1 is 1.05 bits per heavy atom. The van der Waals surface area contributed by atoms with E-state index in [9.17, 15) is 0 Å². The maximum atomic E-state index is 5.91. The zero-order chi connectivity index (χ0) is 13.7. The predicted molar refractivity (Wildman–Crippen MR) is 74.9 cm³/mol. The number of para-hydroxylation sites is 1. The molecule has 0 amide bonds. The van der Waals surface area contributed by atoms with Gasteiger partial charge in [-0.1, -0.05) is 18.2 Å². The fourth-order valence-corrected chi connectivity index (χ4v) is 1.76. The average Bonchev–Trinajstić information content (AvgIpc) is 2.40. The highest BCUT2D eigenvalue weighted by Crippen LogP contribution is 2.20. The summed E-state index contributed by atoms with van der Waals surface area (Å²) in [6.07, 6.45) is 0. The molecule has 0 aliphatic heterocycles. The Bertz CT molecular complexity index is 531. The van der Waals surface area contributed by atoms with Crippen molar-refractivity contribution in [2.75, 3.05) is 18.0 Å². The van der Waals surface area contributed by atoms with Crippen molar-refractivity contribution in [3.05, 3.63) is 35.6 Å². The highest BCUT2D eigenvalue weighted by atomic mass is 35.5. The van der Waals surface area contributed by atoms with E-state index >= 15 is 0 Å². The number of rotatable bonds is 5. The van der Waals surface area contributed by atoms with Crippen molar-refractivity contribution in [3.8, 4) is 11.8 Å². The molecule has 0 atom stereocenters. The minimum absolute atomic E-state index is 0.128. The van der Waals surface area contributed by atoms with Gasteiger partial charge in [0.15, 0.2) is 0 Å². The van der Waals surface area contributed by atoms with Crippen molar-refractivity contribution in [1.82, 2.24) is 15.0 Å². The van der Waals surface area contributed by atoms with E-state index in [0.29, 0.717) is 11.7 Å². The smallest absolute Gasteiger partial charge is 0.328 e. The SMILES string of the molecule is CCN(CC)c1nc(Cl)nc(Oc2ccccc2)n1. The minimum Gasteiger partial charge on any atom is -0.424 e. The number of halogens is 1. The van der Waals surface area contributed by atoms with Gasteiger partial charge >= 0.3 is 6.01 Å². The molecule has 0 saturated heterocycles. The Balaban J connectivity index is 2.26. The second-order valence-electron chi connectivity index (χ2n) is 3.77. The molecule has 0 spiro atoms. The van der Waals surface area contributed by atoms with Crippen LogP contribution >= 0.6 is 11.6 Å². The maximum absolute atomic E-state index is 5.91. The summed E-state index contributed by atoms with van der Waals surface area (Å²) in [4.78, 5) is 14.3. The molecule has 6 heteroatoms. The molecular weight excluding hydrogens is 264 g/mol. The Kier molecular flexibility index (Phi) is 4.52. The van der Waals surface area contributed by atoms with Gasteiger partial charge in [-0.3, -0.25) is 0 Å². The van der Waals surface area contributed by atoms with Gasteiger partial charge < -0.3 is 9.64 Å². The second kappa shape index (κ2) is 6.33. The molecule has 0 unspecified atom stereocenters. The number of nitrogens with zero attached hydrogens (tertiary/aromatic N) is 4. The van der Waals surface area contributed by atoms with E-state index in [4.69, 9.17) is 16.3 Å². The van der Waals surface area contributed by atoms with Crippen LogP contribution in [0, 0.1) is 0 Å². The second-order valence-corrected chi connectivity index (χ2v) is 4.11. The fraction of sp³-hybridized carbons (Fsp3) is 0.308. The Morgan fingerprint density at radius 3 is 2.37 bits per heavy atom. The lowest BCUT2D eigenvalue weighted by Crippen LogP contribution is -2.24. The topological polar surface area (TPSA) is 51.1 Å². The van der Waals surface area contributed by atoms with Crippen LogP contribution in [-0.2, 0) is 0 Å². The zero-order valence-corrected chi connectivity index (χ0v) is 11.6. The number of ether oxygens (including phenoxy) is 1. The Labute approximate surface area is 117 Å². The Morgan fingerprint density at radius 2 is 1.74 bits per heavy atom. The molecule has 0 aliphatic carbocycles. The van der Waals surface area contributed by atoms with Crippen molar-refractivity contribution >= 4 is 17.5 Å². The van der Waals surface area contributed by atoms with Crippen LogP contribution in [0.1, 0.15) is 13.8 Å². The minimum atomic E-state index is 0.128. The highest BCUT2D eigenvalue weighted by Gasteiger charge is 2.11. The summed E-state index contributed by atoms with van der Waals surface area (Å²) in [5.41, 5.74) is 0. The van der Waals surface area contributed by atoms with Gasteiger partial charge in [-0.05, 0) is 37.6 Å². The predicted octanol–water partition coefficient (Wildman–Crippen LogP) is 3.16. The van der Waals surface area contributed by atoms with E-state index in [1.807, 2.05) is 49.1 Å². The van der Waals surface area contributed by atoms with Crippen molar-refractivity contribution in [2.24, 2.45) is 0 Å². The van der Waals surface area contributed by atoms with Gasteiger partial charge in [0, 0.05) is 13.1 Å². The van der Waals surface area contributed by atoms with Crippen LogP contribution in [-0.4, -0.2) is 28.0 Å². The summed E-state index contributed by atoms with van der Waals surface area (Å²) in [6.45, 7) is 5.64. The first-order valence-corrected chi connectivity index (χ1v) is 6.50. The molecular formula is C13H15ClN4O. The molecule has 2 aromatic rings. The fourth-order valence-electron chi connectivity index (χ4n) is 1.61. The molecule has 0 N–H and O–H groups in total. The summed E-state index contributed by atoms with van der Waals surface area (Å²) in [5.74, 6) is 1.19. The van der Waals surface area contributed by atoms with Crippen LogP contribution in [0.5, 0.6) is 11.8 Å². The average molecular weight is 279 g/mol. The molecule has 1 heterocycles. The maximum Gasteiger partial charge on any atom is 0.328 e. The molecule has 0 saturated carbocycles. The molecule has 0 aliphatic rings. The quantitative estimate of drug-likeness (QED) is 0.841. The summed E-state index contributed by atoms with van der Waals surface area (Å²) in [5, 5.41) is 0.128. The van der Waals surface area contributed by atoms with E-state index in [0.717, 1.165) is 13.1 Å². The largest absolute Gasteiger partial charge is 0.424 e. The van der Waals surface area contributed by atoms with Gasteiger partial charge in [0.25, 0.3) is 0 Å².